The van der Waals surface area contributed by atoms with Crippen molar-refractivity contribution < 1.29 is 9.90 Å². The largest absolute Gasteiger partial charge is 0.395 e. The van der Waals surface area contributed by atoms with Gasteiger partial charge in [0.05, 0.1) is 6.61 Å². The number of rotatable bonds is 6. The topological polar surface area (TPSA) is 85.4 Å². The van der Waals surface area contributed by atoms with E-state index in [4.69, 9.17) is 5.11 Å². The zero-order chi connectivity index (χ0) is 11.0. The quantitative estimate of drug-likeness (QED) is 0.319. The lowest BCUT2D eigenvalue weighted by Gasteiger charge is -2.13. The minimum Gasteiger partial charge on any atom is -0.395 e. The molecule has 6 nitrogen and oxygen atoms in total. The fourth-order valence-electron chi connectivity index (χ4n) is 0.985. The van der Waals surface area contributed by atoms with Crippen LogP contribution in [0.1, 0.15) is 0 Å². The van der Waals surface area contributed by atoms with Crippen molar-refractivity contribution in [2.75, 3.05) is 34.3 Å². The van der Waals surface area contributed by atoms with E-state index in [1.165, 1.54) is 0 Å². The average molecular weight is 202 g/mol. The number of amides is 1. The van der Waals surface area contributed by atoms with Crippen LogP contribution in [0.5, 0.6) is 0 Å². The predicted molar refractivity (Wildman–Crippen MR) is 54.3 cm³/mol. The molecule has 0 heterocycles. The van der Waals surface area contributed by atoms with E-state index in [9.17, 15) is 4.79 Å². The number of carbonyl (C=O) groups is 1. The summed E-state index contributed by atoms with van der Waals surface area (Å²) in [6.45, 7) is 0.169. The molecular weight excluding hydrogens is 184 g/mol. The van der Waals surface area contributed by atoms with Crippen LogP contribution in [-0.4, -0.2) is 45.3 Å². The Morgan fingerprint density at radius 3 is 2.07 bits per heavy atom. The highest BCUT2D eigenvalue weighted by Gasteiger charge is 2.11. The van der Waals surface area contributed by atoms with Crippen molar-refractivity contribution in [3.05, 3.63) is 11.5 Å². The molecule has 5 N–H and O–H groups in total. The summed E-state index contributed by atoms with van der Waals surface area (Å²) < 4.78 is 0. The Morgan fingerprint density at radius 1 is 1.14 bits per heavy atom. The number of nitrogens with one attached hydrogen (secondary N) is 4. The van der Waals surface area contributed by atoms with E-state index in [0.29, 0.717) is 11.5 Å². The van der Waals surface area contributed by atoms with Crippen molar-refractivity contribution in [2.45, 2.75) is 0 Å². The van der Waals surface area contributed by atoms with Gasteiger partial charge in [-0.1, -0.05) is 0 Å². The van der Waals surface area contributed by atoms with Gasteiger partial charge in [0.25, 0.3) is 5.91 Å². The minimum absolute atomic E-state index is 0.0722. The van der Waals surface area contributed by atoms with Gasteiger partial charge >= 0.3 is 0 Å². The van der Waals surface area contributed by atoms with Gasteiger partial charge in [-0.05, 0) is 0 Å². The lowest BCUT2D eigenvalue weighted by molar-refractivity contribution is -0.118. The molecule has 0 aliphatic rings. The van der Waals surface area contributed by atoms with Gasteiger partial charge in [0.1, 0.15) is 11.5 Å². The highest BCUT2D eigenvalue weighted by molar-refractivity contribution is 5.93. The smallest absolute Gasteiger partial charge is 0.271 e. The normalized spacial score (nSPS) is 8.86. The molecule has 0 fully saturated rings. The molecule has 0 spiro atoms. The maximum atomic E-state index is 11.5. The van der Waals surface area contributed by atoms with E-state index in [1.807, 2.05) is 0 Å². The van der Waals surface area contributed by atoms with Crippen molar-refractivity contribution in [3.63, 3.8) is 0 Å². The van der Waals surface area contributed by atoms with Crippen molar-refractivity contribution in [3.8, 4) is 0 Å². The van der Waals surface area contributed by atoms with Gasteiger partial charge in [0, 0.05) is 27.7 Å². The third-order valence-electron chi connectivity index (χ3n) is 1.62. The molecule has 14 heavy (non-hydrogen) atoms. The average Bonchev–Trinajstić information content (AvgIpc) is 2.22. The molecule has 0 aliphatic heterocycles. The van der Waals surface area contributed by atoms with E-state index in [2.05, 4.69) is 21.3 Å². The lowest BCUT2D eigenvalue weighted by atomic mass is 10.4. The van der Waals surface area contributed by atoms with Crippen LogP contribution in [0.3, 0.4) is 0 Å². The Labute approximate surface area is 83.8 Å². The summed E-state index contributed by atoms with van der Waals surface area (Å²) in [4.78, 5) is 11.5. The van der Waals surface area contributed by atoms with Gasteiger partial charge in [0.15, 0.2) is 0 Å². The first-order chi connectivity index (χ1) is 6.71. The Bertz CT molecular complexity index is 209. The Balaban J connectivity index is 4.52. The lowest BCUT2D eigenvalue weighted by Crippen LogP contribution is -2.37. The molecule has 0 aliphatic carbocycles. The van der Waals surface area contributed by atoms with Gasteiger partial charge in [-0.3, -0.25) is 4.79 Å². The van der Waals surface area contributed by atoms with Crippen molar-refractivity contribution in [1.82, 2.24) is 21.3 Å². The second-order valence-corrected chi connectivity index (χ2v) is 2.48. The third-order valence-corrected chi connectivity index (χ3v) is 1.62. The van der Waals surface area contributed by atoms with Crippen LogP contribution in [0.15, 0.2) is 11.5 Å². The number of carbonyl (C=O) groups excluding carboxylic acids is 1. The summed E-state index contributed by atoms with van der Waals surface area (Å²) in [6, 6.07) is 0. The second-order valence-electron chi connectivity index (χ2n) is 2.48. The summed E-state index contributed by atoms with van der Waals surface area (Å²) in [5.74, 6) is 0.336. The van der Waals surface area contributed by atoms with E-state index in [1.54, 1.807) is 21.1 Å². The van der Waals surface area contributed by atoms with Gasteiger partial charge in [-0.2, -0.15) is 0 Å². The first-order valence-electron chi connectivity index (χ1n) is 4.37. The first-order valence-corrected chi connectivity index (χ1v) is 4.37. The maximum Gasteiger partial charge on any atom is 0.271 e. The standard InChI is InChI=1S/C8H18N4O2/c1-9-6(7(10-2)11-3)8(14)12-4-5-13/h9-11,13H,4-5H2,1-3H3,(H,12,14). The Kier molecular flexibility index (Phi) is 6.30. The molecule has 0 bridgehead atoms. The molecular formula is C8H18N4O2. The predicted octanol–water partition coefficient (Wildman–Crippen LogP) is -2.08. The Morgan fingerprint density at radius 2 is 1.71 bits per heavy atom. The molecule has 0 atom stereocenters. The second kappa shape index (κ2) is 7.02. The number of likely N-dealkylation sites (N-methyl/N-ethyl adjacent to an activating group) is 1. The van der Waals surface area contributed by atoms with Crippen LogP contribution < -0.4 is 21.3 Å². The molecule has 0 saturated carbocycles. The third kappa shape index (κ3) is 3.53. The van der Waals surface area contributed by atoms with Crippen molar-refractivity contribution >= 4 is 5.91 Å². The summed E-state index contributed by atoms with van der Waals surface area (Å²) in [5.41, 5.74) is 0.406. The molecule has 0 aromatic carbocycles. The van der Waals surface area contributed by atoms with E-state index >= 15 is 0 Å². The summed E-state index contributed by atoms with van der Waals surface area (Å²) in [6.07, 6.45) is 0. The number of hydrogen-bond acceptors (Lipinski definition) is 5. The Hall–Kier alpha value is -1.43. The van der Waals surface area contributed by atoms with Crippen LogP contribution >= 0.6 is 0 Å². The summed E-state index contributed by atoms with van der Waals surface area (Å²) >= 11 is 0. The molecule has 0 unspecified atom stereocenters. The van der Waals surface area contributed by atoms with E-state index in [-0.39, 0.29) is 19.1 Å². The molecule has 1 amide bonds. The zero-order valence-electron chi connectivity index (χ0n) is 8.77. The molecule has 0 aromatic rings. The van der Waals surface area contributed by atoms with Crippen molar-refractivity contribution in [1.29, 1.82) is 0 Å². The van der Waals surface area contributed by atoms with E-state index < -0.39 is 0 Å². The van der Waals surface area contributed by atoms with Gasteiger partial charge < -0.3 is 26.4 Å². The first kappa shape index (κ1) is 12.6. The fourth-order valence-corrected chi connectivity index (χ4v) is 0.985. The highest BCUT2D eigenvalue weighted by Crippen LogP contribution is 1.92. The van der Waals surface area contributed by atoms with Gasteiger partial charge in [-0.15, -0.1) is 0 Å². The molecule has 0 rings (SSSR count). The molecule has 82 valence electrons. The van der Waals surface area contributed by atoms with E-state index in [0.717, 1.165) is 0 Å². The maximum absolute atomic E-state index is 11.5. The number of aliphatic hydroxyl groups excluding tert-OH is 1. The van der Waals surface area contributed by atoms with Gasteiger partial charge in [0.2, 0.25) is 0 Å². The molecule has 0 aromatic heterocycles. The van der Waals surface area contributed by atoms with Crippen LogP contribution in [0.2, 0.25) is 0 Å². The number of aliphatic hydroxyl groups is 1. The van der Waals surface area contributed by atoms with Crippen molar-refractivity contribution in [2.24, 2.45) is 0 Å². The fraction of sp³-hybridized carbons (Fsp3) is 0.625. The van der Waals surface area contributed by atoms with Crippen LogP contribution in [0, 0.1) is 0 Å². The highest BCUT2D eigenvalue weighted by atomic mass is 16.3. The minimum atomic E-state index is -0.264. The zero-order valence-corrected chi connectivity index (χ0v) is 8.77. The van der Waals surface area contributed by atoms with Gasteiger partial charge in [-0.25, -0.2) is 0 Å². The molecule has 6 heteroatoms. The SMILES string of the molecule is CNC(NC)=C(NC)C(=O)NCCO. The van der Waals surface area contributed by atoms with Crippen LogP contribution in [0.25, 0.3) is 0 Å². The summed E-state index contributed by atoms with van der Waals surface area (Å²) in [7, 11) is 5.08. The number of hydrogen-bond donors (Lipinski definition) is 5. The summed E-state index contributed by atoms with van der Waals surface area (Å²) in [5, 5.41) is 19.5. The van der Waals surface area contributed by atoms with Crippen LogP contribution in [-0.2, 0) is 4.79 Å². The molecule has 0 radical (unpaired) electrons. The monoisotopic (exact) mass is 202 g/mol. The molecule has 0 saturated heterocycles. The van der Waals surface area contributed by atoms with Crippen LogP contribution in [0.4, 0.5) is 0 Å².